The van der Waals surface area contributed by atoms with Gasteiger partial charge in [-0.15, -0.1) is 0 Å². The van der Waals surface area contributed by atoms with Crippen LogP contribution in [0.1, 0.15) is 21.9 Å². The number of carbonyl (C=O) groups excluding carboxylic acids is 1. The number of ether oxygens (including phenoxy) is 1. The van der Waals surface area contributed by atoms with Crippen LogP contribution < -0.4 is 0 Å². The quantitative estimate of drug-likeness (QED) is 0.793. The van der Waals surface area contributed by atoms with Gasteiger partial charge < -0.3 is 9.15 Å². The van der Waals surface area contributed by atoms with Crippen LogP contribution in [-0.2, 0) is 21.3 Å². The average molecular weight is 348 g/mol. The maximum absolute atomic E-state index is 12.3. The molecule has 1 unspecified atom stereocenters. The Morgan fingerprint density at radius 2 is 2.14 bits per heavy atom. The standard InChI is InChI=1S/C13H11Cl2NO4S/c1-7-10(13(17)19-2)4-9(20-7)6-21(18)12-11(15)3-8(14)5-16-12/h3-5H,6H2,1-2H3. The molecule has 0 aliphatic rings. The number of pyridine rings is 1. The van der Waals surface area contributed by atoms with Crippen molar-refractivity contribution in [1.29, 1.82) is 0 Å². The minimum Gasteiger partial charge on any atom is -0.465 e. The smallest absolute Gasteiger partial charge is 0.341 e. The second-order valence-corrected chi connectivity index (χ2v) is 6.31. The highest BCUT2D eigenvalue weighted by molar-refractivity contribution is 7.84. The highest BCUT2D eigenvalue weighted by Crippen LogP contribution is 2.24. The predicted octanol–water partition coefficient (Wildman–Crippen LogP) is 3.38. The zero-order chi connectivity index (χ0) is 15.6. The van der Waals surface area contributed by atoms with E-state index in [4.69, 9.17) is 27.6 Å². The molecule has 0 aliphatic carbocycles. The Bertz CT molecular complexity index is 714. The van der Waals surface area contributed by atoms with Crippen LogP contribution in [0.15, 0.2) is 27.8 Å². The zero-order valence-corrected chi connectivity index (χ0v) is 13.5. The van der Waals surface area contributed by atoms with Crippen molar-refractivity contribution in [1.82, 2.24) is 4.98 Å². The molecule has 0 saturated carbocycles. The number of halogens is 2. The van der Waals surface area contributed by atoms with Crippen molar-refractivity contribution in [2.45, 2.75) is 17.7 Å². The lowest BCUT2D eigenvalue weighted by atomic mass is 10.2. The number of methoxy groups -OCH3 is 1. The summed E-state index contributed by atoms with van der Waals surface area (Å²) in [6, 6.07) is 2.97. The van der Waals surface area contributed by atoms with Crippen LogP contribution in [0.25, 0.3) is 0 Å². The van der Waals surface area contributed by atoms with Gasteiger partial charge in [-0.05, 0) is 19.1 Å². The molecule has 0 fully saturated rings. The lowest BCUT2D eigenvalue weighted by Gasteiger charge is -2.02. The summed E-state index contributed by atoms with van der Waals surface area (Å²) in [4.78, 5) is 15.4. The fourth-order valence-corrected chi connectivity index (χ4v) is 3.32. The maximum Gasteiger partial charge on any atom is 0.341 e. The number of esters is 1. The number of aryl methyl sites for hydroxylation is 1. The molecular formula is C13H11Cl2NO4S. The Balaban J connectivity index is 2.22. The van der Waals surface area contributed by atoms with E-state index >= 15 is 0 Å². The third-order valence-electron chi connectivity index (χ3n) is 2.64. The van der Waals surface area contributed by atoms with Crippen molar-refractivity contribution < 1.29 is 18.2 Å². The Kier molecular flexibility index (Phi) is 5.03. The lowest BCUT2D eigenvalue weighted by molar-refractivity contribution is 0.0599. The summed E-state index contributed by atoms with van der Waals surface area (Å²) in [5.41, 5.74) is 0.305. The number of carbonyl (C=O) groups is 1. The molecule has 0 aromatic carbocycles. The third kappa shape index (κ3) is 3.64. The minimum absolute atomic E-state index is 0.0478. The third-order valence-corrected chi connectivity index (χ3v) is 4.55. The van der Waals surface area contributed by atoms with Gasteiger partial charge in [0.25, 0.3) is 0 Å². The zero-order valence-electron chi connectivity index (χ0n) is 11.2. The first kappa shape index (κ1) is 16.0. The number of rotatable bonds is 4. The molecular weight excluding hydrogens is 337 g/mol. The van der Waals surface area contributed by atoms with Crippen molar-refractivity contribution >= 4 is 40.0 Å². The number of hydrogen-bond donors (Lipinski definition) is 0. The maximum atomic E-state index is 12.3. The van der Waals surface area contributed by atoms with Crippen LogP contribution in [0.5, 0.6) is 0 Å². The van der Waals surface area contributed by atoms with Crippen LogP contribution >= 0.6 is 23.2 Å². The van der Waals surface area contributed by atoms with Gasteiger partial charge in [0.1, 0.15) is 22.1 Å². The van der Waals surface area contributed by atoms with Crippen molar-refractivity contribution in [3.05, 3.63) is 45.5 Å². The van der Waals surface area contributed by atoms with Crippen LogP contribution in [0.4, 0.5) is 0 Å². The molecule has 1 atom stereocenters. The SMILES string of the molecule is COC(=O)c1cc(CS(=O)c2ncc(Cl)cc2Cl)oc1C. The highest BCUT2D eigenvalue weighted by atomic mass is 35.5. The molecule has 0 amide bonds. The van der Waals surface area contributed by atoms with Gasteiger partial charge in [-0.25, -0.2) is 9.78 Å². The lowest BCUT2D eigenvalue weighted by Crippen LogP contribution is -2.01. The summed E-state index contributed by atoms with van der Waals surface area (Å²) in [6.07, 6.45) is 1.37. The Morgan fingerprint density at radius 3 is 2.76 bits per heavy atom. The van der Waals surface area contributed by atoms with Crippen molar-refractivity contribution in [2.24, 2.45) is 0 Å². The second-order valence-electron chi connectivity index (χ2n) is 4.10. The van der Waals surface area contributed by atoms with Gasteiger partial charge in [-0.2, -0.15) is 0 Å². The molecule has 0 radical (unpaired) electrons. The normalized spacial score (nSPS) is 12.2. The molecule has 0 bridgehead atoms. The molecule has 2 rings (SSSR count). The van der Waals surface area contributed by atoms with Crippen molar-refractivity contribution in [2.75, 3.05) is 7.11 Å². The van der Waals surface area contributed by atoms with Crippen LogP contribution in [0.3, 0.4) is 0 Å². The van der Waals surface area contributed by atoms with E-state index in [-0.39, 0.29) is 15.8 Å². The molecule has 0 spiro atoms. The van der Waals surface area contributed by atoms with E-state index < -0.39 is 16.8 Å². The van der Waals surface area contributed by atoms with E-state index in [0.29, 0.717) is 22.1 Å². The fraction of sp³-hybridized carbons (Fsp3) is 0.231. The van der Waals surface area contributed by atoms with E-state index in [0.717, 1.165) is 0 Å². The van der Waals surface area contributed by atoms with Gasteiger partial charge in [-0.3, -0.25) is 4.21 Å². The van der Waals surface area contributed by atoms with E-state index in [2.05, 4.69) is 9.72 Å². The second kappa shape index (κ2) is 6.60. The summed E-state index contributed by atoms with van der Waals surface area (Å²) in [6.45, 7) is 1.63. The summed E-state index contributed by atoms with van der Waals surface area (Å²) < 4.78 is 22.3. The summed E-state index contributed by atoms with van der Waals surface area (Å²) in [7, 11) is -0.230. The minimum atomic E-state index is -1.51. The summed E-state index contributed by atoms with van der Waals surface area (Å²) >= 11 is 11.7. The van der Waals surface area contributed by atoms with Crippen molar-refractivity contribution in [3.63, 3.8) is 0 Å². The molecule has 0 saturated heterocycles. The Hall–Kier alpha value is -1.37. The first-order chi connectivity index (χ1) is 9.92. The first-order valence-electron chi connectivity index (χ1n) is 5.79. The molecule has 0 aliphatic heterocycles. The first-order valence-corrected chi connectivity index (χ1v) is 7.87. The highest BCUT2D eigenvalue weighted by Gasteiger charge is 2.19. The van der Waals surface area contributed by atoms with Gasteiger partial charge in [0.15, 0.2) is 0 Å². The molecule has 8 heteroatoms. The van der Waals surface area contributed by atoms with E-state index in [9.17, 15) is 9.00 Å². The topological polar surface area (TPSA) is 69.4 Å². The number of furan rings is 1. The number of hydrogen-bond acceptors (Lipinski definition) is 5. The molecule has 21 heavy (non-hydrogen) atoms. The largest absolute Gasteiger partial charge is 0.465 e. The van der Waals surface area contributed by atoms with Crippen molar-refractivity contribution in [3.8, 4) is 0 Å². The molecule has 2 aromatic heterocycles. The van der Waals surface area contributed by atoms with Gasteiger partial charge in [-0.1, -0.05) is 23.2 Å². The molecule has 5 nitrogen and oxygen atoms in total. The number of nitrogens with zero attached hydrogens (tertiary/aromatic N) is 1. The monoisotopic (exact) mass is 347 g/mol. The van der Waals surface area contributed by atoms with Gasteiger partial charge in [0, 0.05) is 6.20 Å². The van der Waals surface area contributed by atoms with E-state index in [1.54, 1.807) is 6.92 Å². The molecule has 2 heterocycles. The Labute approximate surface area is 133 Å². The number of aromatic nitrogens is 1. The van der Waals surface area contributed by atoms with E-state index in [1.165, 1.54) is 25.4 Å². The summed E-state index contributed by atoms with van der Waals surface area (Å²) in [5, 5.41) is 0.801. The summed E-state index contributed by atoms with van der Waals surface area (Å²) in [5.74, 6) is 0.339. The molecule has 2 aromatic rings. The molecule has 0 N–H and O–H groups in total. The predicted molar refractivity (Wildman–Crippen MR) is 79.2 cm³/mol. The van der Waals surface area contributed by atoms with Gasteiger partial charge >= 0.3 is 5.97 Å². The van der Waals surface area contributed by atoms with Gasteiger partial charge in [0.05, 0.1) is 33.7 Å². The van der Waals surface area contributed by atoms with Crippen LogP contribution in [0, 0.1) is 6.92 Å². The molecule has 112 valence electrons. The van der Waals surface area contributed by atoms with Crippen LogP contribution in [0.2, 0.25) is 10.0 Å². The van der Waals surface area contributed by atoms with Gasteiger partial charge in [0.2, 0.25) is 0 Å². The van der Waals surface area contributed by atoms with Crippen LogP contribution in [-0.4, -0.2) is 22.3 Å². The average Bonchev–Trinajstić information content (AvgIpc) is 2.78. The fourth-order valence-electron chi connectivity index (χ4n) is 1.69. The van der Waals surface area contributed by atoms with E-state index in [1.807, 2.05) is 0 Å². The Morgan fingerprint density at radius 1 is 1.43 bits per heavy atom.